The fourth-order valence-electron chi connectivity index (χ4n) is 1.54. The second-order valence-electron chi connectivity index (χ2n) is 3.94. The molecule has 0 fully saturated rings. The van der Waals surface area contributed by atoms with Crippen molar-refractivity contribution >= 4 is 25.4 Å². The van der Waals surface area contributed by atoms with Gasteiger partial charge >= 0.3 is 0 Å². The highest BCUT2D eigenvalue weighted by Gasteiger charge is 2.23. The molecule has 6 nitrogen and oxygen atoms in total. The van der Waals surface area contributed by atoms with Crippen molar-refractivity contribution in [3.63, 3.8) is 0 Å². The van der Waals surface area contributed by atoms with Gasteiger partial charge in [-0.15, -0.1) is 12.3 Å². The number of nitrogens with zero attached hydrogens (tertiary/aromatic N) is 1. The van der Waals surface area contributed by atoms with Gasteiger partial charge in [0.25, 0.3) is 14.7 Å². The van der Waals surface area contributed by atoms with E-state index in [9.17, 15) is 18.5 Å². The number of rotatable bonds is 6. The summed E-state index contributed by atoms with van der Waals surface area (Å²) in [5.74, 6) is 2.44. The van der Waals surface area contributed by atoms with Gasteiger partial charge in [-0.05, 0) is 18.9 Å². The zero-order valence-electron chi connectivity index (χ0n) is 10.6. The molecule has 0 saturated carbocycles. The molecule has 0 N–H and O–H groups in total. The normalized spacial score (nSPS) is 10.8. The number of ether oxygens (including phenoxy) is 1. The Morgan fingerprint density at radius 3 is 2.65 bits per heavy atom. The molecule has 0 aliphatic heterocycles. The number of nitro groups is 1. The number of aryl methyl sites for hydroxylation is 1. The van der Waals surface area contributed by atoms with Crippen LogP contribution in [0.4, 0.5) is 5.69 Å². The number of hydrogen-bond acceptors (Lipinski definition) is 5. The van der Waals surface area contributed by atoms with E-state index in [1.54, 1.807) is 0 Å². The lowest BCUT2D eigenvalue weighted by atomic mass is 10.2. The molecule has 0 atom stereocenters. The zero-order chi connectivity index (χ0) is 15.3. The van der Waals surface area contributed by atoms with Gasteiger partial charge in [0.1, 0.15) is 10.6 Å². The van der Waals surface area contributed by atoms with E-state index in [1.807, 2.05) is 0 Å². The summed E-state index contributed by atoms with van der Waals surface area (Å²) in [7, 11) is 1.14. The van der Waals surface area contributed by atoms with Gasteiger partial charge in [0.2, 0.25) is 0 Å². The van der Waals surface area contributed by atoms with Crippen molar-refractivity contribution in [2.24, 2.45) is 0 Å². The largest absolute Gasteiger partial charge is 0.492 e. The van der Waals surface area contributed by atoms with Crippen LogP contribution in [0.5, 0.6) is 5.75 Å². The average Bonchev–Trinajstić information content (AvgIpc) is 2.34. The molecule has 20 heavy (non-hydrogen) atoms. The maximum absolute atomic E-state index is 11.5. The van der Waals surface area contributed by atoms with Gasteiger partial charge in [0.15, 0.2) is 0 Å². The zero-order valence-corrected chi connectivity index (χ0v) is 12.2. The van der Waals surface area contributed by atoms with Crippen LogP contribution < -0.4 is 4.74 Å². The Morgan fingerprint density at radius 1 is 1.50 bits per heavy atom. The third-order valence-electron chi connectivity index (χ3n) is 2.41. The summed E-state index contributed by atoms with van der Waals surface area (Å²) < 4.78 is 28.3. The van der Waals surface area contributed by atoms with Gasteiger partial charge < -0.3 is 4.74 Å². The van der Waals surface area contributed by atoms with Crippen molar-refractivity contribution in [3.8, 4) is 18.1 Å². The fraction of sp³-hybridized carbons (Fsp3) is 0.333. The van der Waals surface area contributed by atoms with E-state index >= 15 is 0 Å². The monoisotopic (exact) mass is 317 g/mol. The van der Waals surface area contributed by atoms with Crippen LogP contribution in [-0.2, 0) is 9.05 Å². The van der Waals surface area contributed by atoms with Crippen LogP contribution in [0.2, 0.25) is 0 Å². The summed E-state index contributed by atoms with van der Waals surface area (Å²) in [6, 6.07) is 2.11. The minimum atomic E-state index is -4.15. The molecule has 1 rings (SSSR count). The van der Waals surface area contributed by atoms with E-state index in [1.165, 1.54) is 13.0 Å². The third-order valence-corrected chi connectivity index (χ3v) is 3.74. The first-order valence-corrected chi connectivity index (χ1v) is 7.88. The van der Waals surface area contributed by atoms with Gasteiger partial charge in [0.05, 0.1) is 11.5 Å². The van der Waals surface area contributed by atoms with Crippen LogP contribution in [0.3, 0.4) is 0 Å². The molecule has 0 aliphatic rings. The van der Waals surface area contributed by atoms with Crippen LogP contribution in [0.15, 0.2) is 17.0 Å². The molecule has 0 heterocycles. The predicted molar refractivity (Wildman–Crippen MR) is 74.4 cm³/mol. The number of halogens is 1. The van der Waals surface area contributed by atoms with Crippen molar-refractivity contribution in [1.29, 1.82) is 0 Å². The smallest absolute Gasteiger partial charge is 0.271 e. The average molecular weight is 318 g/mol. The molecule has 0 aliphatic carbocycles. The molecule has 108 valence electrons. The highest BCUT2D eigenvalue weighted by atomic mass is 35.7. The second-order valence-corrected chi connectivity index (χ2v) is 6.48. The van der Waals surface area contributed by atoms with Crippen LogP contribution in [-0.4, -0.2) is 19.9 Å². The van der Waals surface area contributed by atoms with E-state index < -0.39 is 18.9 Å². The van der Waals surface area contributed by atoms with Crippen molar-refractivity contribution in [2.45, 2.75) is 24.7 Å². The molecule has 0 unspecified atom stereocenters. The number of benzene rings is 1. The fourth-order valence-corrected chi connectivity index (χ4v) is 2.59. The summed E-state index contributed by atoms with van der Waals surface area (Å²) in [6.07, 6.45) is 6.11. The van der Waals surface area contributed by atoms with Crippen molar-refractivity contribution < 1.29 is 18.1 Å². The molecule has 0 spiro atoms. The lowest BCUT2D eigenvalue weighted by Gasteiger charge is -2.12. The van der Waals surface area contributed by atoms with Crippen LogP contribution >= 0.6 is 10.7 Å². The Balaban J connectivity index is 3.22. The van der Waals surface area contributed by atoms with Crippen LogP contribution in [0.25, 0.3) is 0 Å². The molecule has 0 radical (unpaired) electrons. The van der Waals surface area contributed by atoms with E-state index in [-0.39, 0.29) is 18.0 Å². The number of non-ortho nitro benzene ring substituents is 1. The highest BCUT2D eigenvalue weighted by molar-refractivity contribution is 8.13. The van der Waals surface area contributed by atoms with Crippen molar-refractivity contribution in [3.05, 3.63) is 27.8 Å². The number of nitro benzene ring substituents is 1. The number of terminal acetylenes is 1. The molecule has 1 aromatic rings. The number of hydrogen-bond donors (Lipinski definition) is 0. The Bertz CT molecular complexity index is 663. The predicted octanol–water partition coefficient (Wildman–Crippen LogP) is 2.62. The van der Waals surface area contributed by atoms with E-state index in [4.69, 9.17) is 21.8 Å². The quantitative estimate of drug-likeness (QED) is 0.265. The summed E-state index contributed by atoms with van der Waals surface area (Å²) in [5, 5.41) is 10.7. The first-order chi connectivity index (χ1) is 9.27. The maximum atomic E-state index is 11.5. The Labute approximate surface area is 121 Å². The molecule has 0 amide bonds. The lowest BCUT2D eigenvalue weighted by molar-refractivity contribution is -0.385. The second kappa shape index (κ2) is 6.59. The van der Waals surface area contributed by atoms with E-state index in [2.05, 4.69) is 5.92 Å². The molecular weight excluding hydrogens is 306 g/mol. The van der Waals surface area contributed by atoms with Crippen molar-refractivity contribution in [1.82, 2.24) is 0 Å². The molecule has 1 aromatic carbocycles. The summed E-state index contributed by atoms with van der Waals surface area (Å²) in [6.45, 7) is 1.71. The Morgan fingerprint density at radius 2 is 2.15 bits per heavy atom. The first kappa shape index (κ1) is 16.3. The van der Waals surface area contributed by atoms with E-state index in [0.717, 1.165) is 6.07 Å². The molecule has 8 heteroatoms. The van der Waals surface area contributed by atoms with Gasteiger partial charge in [-0.1, -0.05) is 0 Å². The SMILES string of the molecule is C#CCCCOc1c(C)cc([N+](=O)[O-])cc1S(=O)(=O)Cl. The number of unbranched alkanes of at least 4 members (excludes halogenated alkanes) is 1. The molecule has 0 bridgehead atoms. The molecule has 0 saturated heterocycles. The first-order valence-electron chi connectivity index (χ1n) is 5.57. The maximum Gasteiger partial charge on any atom is 0.271 e. The minimum absolute atomic E-state index is 0.0163. The summed E-state index contributed by atoms with van der Waals surface area (Å²) in [4.78, 5) is 9.64. The standard InChI is InChI=1S/C12H12ClNO5S/c1-3-4-5-6-19-12-9(2)7-10(14(15)16)8-11(12)20(13,17)18/h1,7-8H,4-6H2,2H3. The van der Waals surface area contributed by atoms with Gasteiger partial charge in [-0.3, -0.25) is 10.1 Å². The molecule has 0 aromatic heterocycles. The van der Waals surface area contributed by atoms with E-state index in [0.29, 0.717) is 18.4 Å². The molecular formula is C12H12ClNO5S. The minimum Gasteiger partial charge on any atom is -0.492 e. The van der Waals surface area contributed by atoms with Crippen LogP contribution in [0.1, 0.15) is 18.4 Å². The van der Waals surface area contributed by atoms with Gasteiger partial charge in [-0.25, -0.2) is 8.42 Å². The summed E-state index contributed by atoms with van der Waals surface area (Å²) in [5.41, 5.74) is -0.0446. The summed E-state index contributed by atoms with van der Waals surface area (Å²) >= 11 is 0. The van der Waals surface area contributed by atoms with Gasteiger partial charge in [0, 0.05) is 29.2 Å². The third kappa shape index (κ3) is 4.11. The lowest BCUT2D eigenvalue weighted by Crippen LogP contribution is -2.05. The Kier molecular flexibility index (Phi) is 5.36. The Hall–Kier alpha value is -1.78. The highest BCUT2D eigenvalue weighted by Crippen LogP contribution is 2.34. The topological polar surface area (TPSA) is 86.5 Å². The van der Waals surface area contributed by atoms with Crippen molar-refractivity contribution in [2.75, 3.05) is 6.61 Å². The van der Waals surface area contributed by atoms with Gasteiger partial charge in [-0.2, -0.15) is 0 Å². The van der Waals surface area contributed by atoms with Crippen LogP contribution in [0, 0.1) is 29.4 Å².